The fourth-order valence-corrected chi connectivity index (χ4v) is 5.45. The number of urea groups is 1. The number of aromatic carboxylic acids is 1. The quantitative estimate of drug-likeness (QED) is 0.113. The third-order valence-corrected chi connectivity index (χ3v) is 8.14. The second-order valence-electron chi connectivity index (χ2n) is 12.2. The molecule has 0 radical (unpaired) electrons. The predicted molar refractivity (Wildman–Crippen MR) is 165 cm³/mol. The van der Waals surface area contributed by atoms with Gasteiger partial charge in [-0.25, -0.2) is 18.4 Å². The van der Waals surface area contributed by atoms with Gasteiger partial charge in [0.15, 0.2) is 11.5 Å². The first kappa shape index (κ1) is 36.7. The number of carboxylic acids is 1. The molecule has 7 N–H and O–H groups in total. The van der Waals surface area contributed by atoms with Crippen LogP contribution in [0.25, 0.3) is 0 Å². The highest BCUT2D eigenvalue weighted by Crippen LogP contribution is 2.37. The minimum absolute atomic E-state index is 0.150. The van der Waals surface area contributed by atoms with Crippen LogP contribution in [0.3, 0.4) is 0 Å². The SMILES string of the molecule is CC(C)(C)C(NC(=O)N1CCN(CCNC(=O)c2c(F)cc(O)c(O)c2Cl)C(=O)C1=O)C(=O)NC1Cc2ccc(F)c(C(=O)O)c2OB1O. The molecule has 6 amide bonds. The second kappa shape index (κ2) is 14.1. The van der Waals surface area contributed by atoms with Crippen LogP contribution in [0.5, 0.6) is 17.2 Å². The Bertz CT molecular complexity index is 1740. The van der Waals surface area contributed by atoms with Crippen LogP contribution in [0, 0.1) is 17.0 Å². The van der Waals surface area contributed by atoms with E-state index in [1.807, 2.05) is 0 Å². The molecule has 2 aromatic carbocycles. The van der Waals surface area contributed by atoms with Gasteiger partial charge >= 0.3 is 30.9 Å². The van der Waals surface area contributed by atoms with Gasteiger partial charge in [-0.2, -0.15) is 0 Å². The monoisotopic (exact) mass is 709 g/mol. The maximum absolute atomic E-state index is 14.2. The standard InChI is InChI=1S/C29H31BClF2N5O11/c1-29(2,3)22(24(42)35-16-10-12-4-5-13(32)18(27(45)46)21(12)49-30(16)48)36-28(47)38-9-8-37(25(43)26(38)44)7-6-34-23(41)17-14(33)11-15(39)20(40)19(17)31/h4-5,11,16,22,39-40,48H,6-10H2,1-3H3,(H,34,41)(H,35,42)(H,36,47)(H,45,46). The lowest BCUT2D eigenvalue weighted by molar-refractivity contribution is -0.153. The van der Waals surface area contributed by atoms with Crippen molar-refractivity contribution in [3.05, 3.63) is 51.5 Å². The van der Waals surface area contributed by atoms with Crippen LogP contribution < -0.4 is 20.6 Å². The van der Waals surface area contributed by atoms with Gasteiger partial charge < -0.3 is 45.8 Å². The molecule has 2 aliphatic heterocycles. The molecule has 262 valence electrons. The first-order valence-corrected chi connectivity index (χ1v) is 15.0. The van der Waals surface area contributed by atoms with Crippen molar-refractivity contribution in [3.63, 3.8) is 0 Å². The number of nitrogens with zero attached hydrogens (tertiary/aromatic N) is 2. The first-order valence-electron chi connectivity index (χ1n) is 14.6. The van der Waals surface area contributed by atoms with Gasteiger partial charge in [0.2, 0.25) is 5.91 Å². The van der Waals surface area contributed by atoms with Crippen LogP contribution in [-0.4, -0.2) is 111 Å². The van der Waals surface area contributed by atoms with Crippen molar-refractivity contribution < 1.29 is 62.5 Å². The van der Waals surface area contributed by atoms with Gasteiger partial charge in [-0.1, -0.05) is 38.4 Å². The van der Waals surface area contributed by atoms with Crippen LogP contribution in [0.2, 0.25) is 5.02 Å². The van der Waals surface area contributed by atoms with E-state index in [-0.39, 0.29) is 43.9 Å². The van der Waals surface area contributed by atoms with Crippen LogP contribution in [0.15, 0.2) is 18.2 Å². The van der Waals surface area contributed by atoms with E-state index in [0.717, 1.165) is 11.0 Å². The summed E-state index contributed by atoms with van der Waals surface area (Å²) in [6, 6.07) is 0.240. The number of halogens is 3. The molecule has 1 fully saturated rings. The molecule has 2 atom stereocenters. The molecule has 49 heavy (non-hydrogen) atoms. The Morgan fingerprint density at radius 3 is 2.39 bits per heavy atom. The fourth-order valence-electron chi connectivity index (χ4n) is 5.18. The van der Waals surface area contributed by atoms with Crippen LogP contribution in [0.1, 0.15) is 47.1 Å². The summed E-state index contributed by atoms with van der Waals surface area (Å²) in [4.78, 5) is 77.8. The van der Waals surface area contributed by atoms with Gasteiger partial charge in [-0.3, -0.25) is 24.1 Å². The average molecular weight is 710 g/mol. The average Bonchev–Trinajstić information content (AvgIpc) is 3.00. The Kier molecular flexibility index (Phi) is 10.6. The molecule has 1 saturated heterocycles. The highest BCUT2D eigenvalue weighted by Gasteiger charge is 2.43. The van der Waals surface area contributed by atoms with Crippen LogP contribution in [-0.2, 0) is 20.8 Å². The molecule has 2 heterocycles. The number of aromatic hydroxyl groups is 2. The molecule has 16 nitrogen and oxygen atoms in total. The number of phenolic OH excluding ortho intramolecular Hbond substituents is 2. The van der Waals surface area contributed by atoms with Crippen molar-refractivity contribution in [1.29, 1.82) is 0 Å². The van der Waals surface area contributed by atoms with Crippen LogP contribution >= 0.6 is 11.6 Å². The van der Waals surface area contributed by atoms with Crippen molar-refractivity contribution in [2.24, 2.45) is 5.41 Å². The molecule has 0 spiro atoms. The Labute approximate surface area is 282 Å². The second-order valence-corrected chi connectivity index (χ2v) is 12.6. The molecule has 0 aliphatic carbocycles. The lowest BCUT2D eigenvalue weighted by Gasteiger charge is -2.36. The number of fused-ring (bicyclic) bond motifs is 1. The fraction of sp³-hybridized carbons (Fsp3) is 0.379. The van der Waals surface area contributed by atoms with Crippen LogP contribution in [0.4, 0.5) is 13.6 Å². The highest BCUT2D eigenvalue weighted by molar-refractivity contribution is 6.47. The predicted octanol–water partition coefficient (Wildman–Crippen LogP) is 0.392. The smallest absolute Gasteiger partial charge is 0.534 e. The number of rotatable bonds is 8. The molecule has 0 aromatic heterocycles. The number of phenols is 2. The van der Waals surface area contributed by atoms with E-state index in [1.54, 1.807) is 20.8 Å². The summed E-state index contributed by atoms with van der Waals surface area (Å²) in [5.74, 6) is -11.5. The molecule has 20 heteroatoms. The number of carboxylic acid groups (broad SMARTS) is 1. The van der Waals surface area contributed by atoms with Crippen molar-refractivity contribution in [2.75, 3.05) is 26.2 Å². The largest absolute Gasteiger partial charge is 0.547 e. The van der Waals surface area contributed by atoms with E-state index < -0.39 is 99.4 Å². The topological polar surface area (TPSA) is 235 Å². The number of piperazine rings is 1. The van der Waals surface area contributed by atoms with Gasteiger partial charge in [-0.15, -0.1) is 0 Å². The summed E-state index contributed by atoms with van der Waals surface area (Å²) in [6.45, 7) is 3.79. The summed E-state index contributed by atoms with van der Waals surface area (Å²) in [5.41, 5.74) is -2.32. The van der Waals surface area contributed by atoms with Crippen molar-refractivity contribution in [2.45, 2.75) is 39.2 Å². The van der Waals surface area contributed by atoms with E-state index in [1.165, 1.54) is 6.07 Å². The van der Waals surface area contributed by atoms with Gasteiger partial charge in [0, 0.05) is 32.2 Å². The van der Waals surface area contributed by atoms with Crippen molar-refractivity contribution in [1.82, 2.24) is 25.8 Å². The maximum Gasteiger partial charge on any atom is 0.547 e. The lowest BCUT2D eigenvalue weighted by Crippen LogP contribution is -2.64. The number of carbonyl (C=O) groups excluding carboxylic acids is 5. The van der Waals surface area contributed by atoms with Gasteiger partial charge in [0.05, 0.1) is 11.5 Å². The summed E-state index contributed by atoms with van der Waals surface area (Å²) in [7, 11) is -1.78. The normalized spacial score (nSPS) is 16.8. The number of benzene rings is 2. The third-order valence-electron chi connectivity index (χ3n) is 7.77. The van der Waals surface area contributed by atoms with E-state index >= 15 is 0 Å². The zero-order valence-corrected chi connectivity index (χ0v) is 26.9. The van der Waals surface area contributed by atoms with E-state index in [4.69, 9.17) is 16.3 Å². The van der Waals surface area contributed by atoms with Crippen molar-refractivity contribution in [3.8, 4) is 17.2 Å². The summed E-state index contributed by atoms with van der Waals surface area (Å²) in [6.07, 6.45) is -0.150. The minimum Gasteiger partial charge on any atom is -0.534 e. The number of hydrogen-bond donors (Lipinski definition) is 7. The maximum atomic E-state index is 14.2. The van der Waals surface area contributed by atoms with Gasteiger partial charge in [0.1, 0.15) is 34.0 Å². The number of hydrogen-bond acceptors (Lipinski definition) is 10. The number of amides is 6. The molecule has 2 unspecified atom stereocenters. The molecule has 2 aliphatic rings. The zero-order valence-electron chi connectivity index (χ0n) is 26.2. The molecule has 0 bridgehead atoms. The zero-order chi connectivity index (χ0) is 36.5. The summed E-state index contributed by atoms with van der Waals surface area (Å²) >= 11 is 5.76. The highest BCUT2D eigenvalue weighted by atomic mass is 35.5. The number of imide groups is 1. The molecule has 0 saturated carbocycles. The third kappa shape index (κ3) is 7.62. The first-order chi connectivity index (χ1) is 22.8. The summed E-state index contributed by atoms with van der Waals surface area (Å²) in [5, 5.41) is 45.5. The van der Waals surface area contributed by atoms with Gasteiger partial charge in [-0.05, 0) is 23.5 Å². The number of carbonyl (C=O) groups is 6. The Morgan fingerprint density at radius 2 is 1.76 bits per heavy atom. The van der Waals surface area contributed by atoms with E-state index in [2.05, 4.69) is 16.0 Å². The Balaban J connectivity index is 1.36. The number of nitrogens with one attached hydrogen (secondary N) is 3. The molecular formula is C29H31BClF2N5O11. The minimum atomic E-state index is -1.78. The van der Waals surface area contributed by atoms with E-state index in [9.17, 15) is 57.9 Å². The molecule has 4 rings (SSSR count). The van der Waals surface area contributed by atoms with Gasteiger partial charge in [0.25, 0.3) is 5.91 Å². The van der Waals surface area contributed by atoms with E-state index in [0.29, 0.717) is 11.0 Å². The molecule has 2 aromatic rings. The Hall–Kier alpha value is -5.17. The lowest BCUT2D eigenvalue weighted by atomic mass is 9.71. The molecular weight excluding hydrogens is 679 g/mol. The van der Waals surface area contributed by atoms with Crippen molar-refractivity contribution >= 4 is 54.3 Å². The Morgan fingerprint density at radius 1 is 1.08 bits per heavy atom. The summed E-state index contributed by atoms with van der Waals surface area (Å²) < 4.78 is 33.5.